The van der Waals surface area contributed by atoms with Gasteiger partial charge in [0.15, 0.2) is 0 Å². The summed E-state index contributed by atoms with van der Waals surface area (Å²) in [5, 5.41) is 13.9. The molecule has 1 aliphatic heterocycles. The van der Waals surface area contributed by atoms with Gasteiger partial charge in [-0.2, -0.15) is 13.5 Å². The lowest BCUT2D eigenvalue weighted by Crippen LogP contribution is -2.35. The van der Waals surface area contributed by atoms with Crippen LogP contribution >= 0.6 is 0 Å². The summed E-state index contributed by atoms with van der Waals surface area (Å²) < 4.78 is 38.7. The van der Waals surface area contributed by atoms with Crippen LogP contribution in [0.1, 0.15) is 16.1 Å². The van der Waals surface area contributed by atoms with E-state index in [9.17, 15) is 4.79 Å². The van der Waals surface area contributed by atoms with Crippen LogP contribution in [0, 0.1) is 0 Å². The van der Waals surface area contributed by atoms with Crippen molar-refractivity contribution in [1.82, 2.24) is 14.7 Å². The Morgan fingerprint density at radius 3 is 2.15 bits per heavy atom. The van der Waals surface area contributed by atoms with Crippen LogP contribution in [0.4, 0.5) is 5.82 Å². The van der Waals surface area contributed by atoms with Gasteiger partial charge in [-0.3, -0.25) is 14.0 Å². The van der Waals surface area contributed by atoms with Crippen LogP contribution in [0.2, 0.25) is 0 Å². The van der Waals surface area contributed by atoms with Crippen LogP contribution in [0.15, 0.2) is 54.6 Å². The van der Waals surface area contributed by atoms with Gasteiger partial charge in [0.25, 0.3) is 0 Å². The van der Waals surface area contributed by atoms with Gasteiger partial charge in [0.1, 0.15) is 5.82 Å². The SMILES string of the molecule is Nc1c(-c2ccccc2)c(CN2CCOCC2)nn1-c1ccc(C(=O)O)cc1.O=S(=O)(O)O. The van der Waals surface area contributed by atoms with Crippen molar-refractivity contribution in [2.45, 2.75) is 6.54 Å². The molecule has 3 aromatic rings. The number of nitrogens with zero attached hydrogens (tertiary/aromatic N) is 3. The fourth-order valence-electron chi connectivity index (χ4n) is 3.42. The summed E-state index contributed by atoms with van der Waals surface area (Å²) in [6, 6.07) is 16.5. The molecule has 2 aromatic carbocycles. The second-order valence-electron chi connectivity index (χ2n) is 7.17. The molecule has 2 heterocycles. The molecule has 0 unspecified atom stereocenters. The van der Waals surface area contributed by atoms with Crippen molar-refractivity contribution in [3.8, 4) is 16.8 Å². The molecule has 11 nitrogen and oxygen atoms in total. The minimum Gasteiger partial charge on any atom is -0.478 e. The lowest BCUT2D eigenvalue weighted by Gasteiger charge is -2.26. The summed E-state index contributed by atoms with van der Waals surface area (Å²) in [5.74, 6) is -0.421. The van der Waals surface area contributed by atoms with E-state index in [-0.39, 0.29) is 5.56 Å². The van der Waals surface area contributed by atoms with Crippen molar-refractivity contribution >= 4 is 22.2 Å². The third-order valence-electron chi connectivity index (χ3n) is 4.89. The standard InChI is InChI=1S/C21H22N4O3.H2O4S/c22-20-19(15-4-2-1-3-5-15)18(14-24-10-12-28-13-11-24)23-25(20)17-8-6-16(7-9-17)21(26)27;1-5(2,3)4/h1-9H,10-14,22H2,(H,26,27);(H2,1,2,3,4). The zero-order valence-electron chi connectivity index (χ0n) is 17.5. The van der Waals surface area contributed by atoms with Gasteiger partial charge < -0.3 is 15.6 Å². The Labute approximate surface area is 190 Å². The van der Waals surface area contributed by atoms with E-state index in [1.54, 1.807) is 28.9 Å². The summed E-state index contributed by atoms with van der Waals surface area (Å²) in [6.45, 7) is 3.82. The van der Waals surface area contributed by atoms with Gasteiger partial charge in [0.05, 0.1) is 30.2 Å². The predicted molar refractivity (Wildman–Crippen MR) is 121 cm³/mol. The fourth-order valence-corrected chi connectivity index (χ4v) is 3.42. The van der Waals surface area contributed by atoms with Crippen molar-refractivity contribution in [3.63, 3.8) is 0 Å². The summed E-state index contributed by atoms with van der Waals surface area (Å²) >= 11 is 0. The number of aromatic carboxylic acids is 1. The summed E-state index contributed by atoms with van der Waals surface area (Å²) in [5.41, 5.74) is 10.3. The van der Waals surface area contributed by atoms with Gasteiger partial charge in [0, 0.05) is 25.2 Å². The number of ether oxygens (including phenoxy) is 1. The van der Waals surface area contributed by atoms with Gasteiger partial charge in [-0.15, -0.1) is 0 Å². The smallest absolute Gasteiger partial charge is 0.394 e. The average Bonchev–Trinajstić information content (AvgIpc) is 3.09. The Morgan fingerprint density at radius 1 is 1.03 bits per heavy atom. The first-order chi connectivity index (χ1) is 15.6. The molecule has 1 aromatic heterocycles. The summed E-state index contributed by atoms with van der Waals surface area (Å²) in [7, 11) is -4.67. The first-order valence-corrected chi connectivity index (χ1v) is 11.3. The number of hydrogen-bond donors (Lipinski definition) is 4. The number of rotatable bonds is 5. The number of morpholine rings is 1. The van der Waals surface area contributed by atoms with Gasteiger partial charge in [0.2, 0.25) is 0 Å². The zero-order valence-corrected chi connectivity index (χ0v) is 18.4. The molecule has 1 aliphatic rings. The summed E-state index contributed by atoms with van der Waals surface area (Å²) in [6.07, 6.45) is 0. The van der Waals surface area contributed by atoms with Gasteiger partial charge in [-0.05, 0) is 29.8 Å². The largest absolute Gasteiger partial charge is 0.478 e. The highest BCUT2D eigenvalue weighted by Crippen LogP contribution is 2.32. The van der Waals surface area contributed by atoms with E-state index in [0.29, 0.717) is 25.6 Å². The normalized spacial score (nSPS) is 14.4. The Balaban J connectivity index is 0.000000555. The third kappa shape index (κ3) is 6.84. The van der Waals surface area contributed by atoms with Crippen LogP contribution in [0.3, 0.4) is 0 Å². The monoisotopic (exact) mass is 476 g/mol. The molecule has 0 spiro atoms. The van der Waals surface area contributed by atoms with Crippen molar-refractivity contribution < 1.29 is 32.2 Å². The third-order valence-corrected chi connectivity index (χ3v) is 4.89. The van der Waals surface area contributed by atoms with Crippen LogP contribution in [0.25, 0.3) is 16.8 Å². The molecule has 0 radical (unpaired) electrons. The maximum atomic E-state index is 11.1. The van der Waals surface area contributed by atoms with E-state index in [4.69, 9.17) is 38.2 Å². The Bertz CT molecular complexity index is 1180. The quantitative estimate of drug-likeness (QED) is 0.400. The molecule has 5 N–H and O–H groups in total. The maximum Gasteiger partial charge on any atom is 0.394 e. The van der Waals surface area contributed by atoms with E-state index in [0.717, 1.165) is 35.6 Å². The van der Waals surface area contributed by atoms with E-state index >= 15 is 0 Å². The van der Waals surface area contributed by atoms with Crippen LogP contribution in [-0.4, -0.2) is 69.6 Å². The molecule has 1 saturated heterocycles. The minimum absolute atomic E-state index is 0.228. The highest BCUT2D eigenvalue weighted by molar-refractivity contribution is 7.79. The first-order valence-electron chi connectivity index (χ1n) is 9.90. The van der Waals surface area contributed by atoms with E-state index in [1.807, 2.05) is 30.3 Å². The number of nitrogens with two attached hydrogens (primary N) is 1. The lowest BCUT2D eigenvalue weighted by molar-refractivity contribution is 0.0337. The molecule has 33 heavy (non-hydrogen) atoms. The second kappa shape index (κ2) is 10.6. The molecule has 0 saturated carbocycles. The molecule has 12 heteroatoms. The number of anilines is 1. The van der Waals surface area contributed by atoms with E-state index in [1.165, 1.54) is 0 Å². The van der Waals surface area contributed by atoms with Crippen molar-refractivity contribution in [3.05, 3.63) is 65.9 Å². The molecule has 0 bridgehead atoms. The molecule has 0 atom stereocenters. The molecular formula is C21H24N4O7S. The number of carboxylic acids is 1. The molecule has 0 aliphatic carbocycles. The van der Waals surface area contributed by atoms with Crippen LogP contribution in [0.5, 0.6) is 0 Å². The molecule has 4 rings (SSSR count). The minimum atomic E-state index is -4.67. The lowest BCUT2D eigenvalue weighted by atomic mass is 10.0. The summed E-state index contributed by atoms with van der Waals surface area (Å²) in [4.78, 5) is 13.4. The fraction of sp³-hybridized carbons (Fsp3) is 0.238. The van der Waals surface area contributed by atoms with Crippen LogP contribution < -0.4 is 5.73 Å². The number of hydrogen-bond acceptors (Lipinski definition) is 7. The molecule has 176 valence electrons. The van der Waals surface area contributed by atoms with E-state index in [2.05, 4.69) is 4.90 Å². The molecular weight excluding hydrogens is 452 g/mol. The number of aromatic nitrogens is 2. The van der Waals surface area contributed by atoms with Crippen molar-refractivity contribution in [2.75, 3.05) is 32.0 Å². The van der Waals surface area contributed by atoms with Crippen LogP contribution in [-0.2, 0) is 21.7 Å². The van der Waals surface area contributed by atoms with Crippen molar-refractivity contribution in [2.24, 2.45) is 0 Å². The zero-order chi connectivity index (χ0) is 24.0. The Hall–Kier alpha value is -3.29. The maximum absolute atomic E-state index is 11.1. The average molecular weight is 477 g/mol. The Kier molecular flexibility index (Phi) is 7.79. The highest BCUT2D eigenvalue weighted by Gasteiger charge is 2.21. The number of benzene rings is 2. The topological polar surface area (TPSA) is 168 Å². The van der Waals surface area contributed by atoms with Gasteiger partial charge >= 0.3 is 16.4 Å². The van der Waals surface area contributed by atoms with E-state index < -0.39 is 16.4 Å². The number of nitrogen functional groups attached to an aromatic ring is 1. The Morgan fingerprint density at radius 2 is 1.61 bits per heavy atom. The van der Waals surface area contributed by atoms with Gasteiger partial charge in [-0.25, -0.2) is 9.48 Å². The first kappa shape index (κ1) is 24.4. The highest BCUT2D eigenvalue weighted by atomic mass is 32.3. The molecule has 0 amide bonds. The van der Waals surface area contributed by atoms with Crippen molar-refractivity contribution in [1.29, 1.82) is 0 Å². The molecule has 1 fully saturated rings. The second-order valence-corrected chi connectivity index (χ2v) is 8.07. The number of carboxylic acid groups (broad SMARTS) is 1. The predicted octanol–water partition coefficient (Wildman–Crippen LogP) is 2.00. The number of carbonyl (C=O) groups is 1. The van der Waals surface area contributed by atoms with Gasteiger partial charge in [-0.1, -0.05) is 30.3 Å².